The van der Waals surface area contributed by atoms with Crippen molar-refractivity contribution in [3.05, 3.63) is 35.1 Å². The number of hydrogen-bond acceptors (Lipinski definition) is 3. The second-order valence-electron chi connectivity index (χ2n) is 4.17. The van der Waals surface area contributed by atoms with Gasteiger partial charge in [0.25, 0.3) is 0 Å². The van der Waals surface area contributed by atoms with Gasteiger partial charge in [-0.2, -0.15) is 0 Å². The van der Waals surface area contributed by atoms with Crippen molar-refractivity contribution < 1.29 is 9.13 Å². The molecule has 19 heavy (non-hydrogen) atoms. The van der Waals surface area contributed by atoms with Crippen LogP contribution in [0, 0.1) is 17.7 Å². The quantitative estimate of drug-likeness (QED) is 0.793. The van der Waals surface area contributed by atoms with Crippen LogP contribution in [0.25, 0.3) is 0 Å². The molecule has 0 atom stereocenters. The summed E-state index contributed by atoms with van der Waals surface area (Å²) >= 11 is 0. The maximum Gasteiger partial charge on any atom is 0.128 e. The predicted molar refractivity (Wildman–Crippen MR) is 75.2 cm³/mol. The molecule has 1 aromatic carbocycles. The van der Waals surface area contributed by atoms with Crippen molar-refractivity contribution in [2.24, 2.45) is 5.73 Å². The molecule has 0 saturated heterocycles. The second-order valence-corrected chi connectivity index (χ2v) is 4.17. The first-order valence-electron chi connectivity index (χ1n) is 6.40. The van der Waals surface area contributed by atoms with Crippen molar-refractivity contribution in [2.45, 2.75) is 13.5 Å². The molecule has 4 heteroatoms. The van der Waals surface area contributed by atoms with Gasteiger partial charge in [0, 0.05) is 31.3 Å². The average Bonchev–Trinajstić information content (AvgIpc) is 2.43. The van der Waals surface area contributed by atoms with Gasteiger partial charge in [-0.1, -0.05) is 24.8 Å². The summed E-state index contributed by atoms with van der Waals surface area (Å²) < 4.78 is 19.0. The Morgan fingerprint density at radius 3 is 2.79 bits per heavy atom. The Kier molecular flexibility index (Phi) is 7.12. The Bertz CT molecular complexity index is 451. The third kappa shape index (κ3) is 5.39. The van der Waals surface area contributed by atoms with Gasteiger partial charge in [0.2, 0.25) is 0 Å². The molecule has 1 aromatic rings. The standard InChI is InChI=1S/C15H21FN2O/c1-3-18(9-10-19-2)12-14-7-6-13(5-4-8-17)11-15(14)16/h6-7,11H,3,8-10,12,17H2,1-2H3. The van der Waals surface area contributed by atoms with Crippen molar-refractivity contribution in [1.29, 1.82) is 0 Å². The summed E-state index contributed by atoms with van der Waals surface area (Å²) in [7, 11) is 1.67. The third-order valence-corrected chi connectivity index (χ3v) is 2.84. The van der Waals surface area contributed by atoms with Crippen LogP contribution in [0.2, 0.25) is 0 Å². The molecule has 0 aliphatic rings. The lowest BCUT2D eigenvalue weighted by atomic mass is 10.1. The number of ether oxygens (including phenoxy) is 1. The van der Waals surface area contributed by atoms with Crippen LogP contribution in [-0.2, 0) is 11.3 Å². The van der Waals surface area contributed by atoms with E-state index >= 15 is 0 Å². The maximum absolute atomic E-state index is 13.9. The zero-order valence-corrected chi connectivity index (χ0v) is 11.6. The molecule has 1 rings (SSSR count). The van der Waals surface area contributed by atoms with E-state index < -0.39 is 0 Å². The van der Waals surface area contributed by atoms with Gasteiger partial charge in [-0.05, 0) is 18.7 Å². The monoisotopic (exact) mass is 264 g/mol. The molecule has 0 spiro atoms. The molecule has 2 N–H and O–H groups in total. The van der Waals surface area contributed by atoms with Gasteiger partial charge in [0.05, 0.1) is 13.2 Å². The first-order valence-corrected chi connectivity index (χ1v) is 6.40. The Hall–Kier alpha value is -1.41. The third-order valence-electron chi connectivity index (χ3n) is 2.84. The van der Waals surface area contributed by atoms with E-state index in [4.69, 9.17) is 10.5 Å². The zero-order valence-electron chi connectivity index (χ0n) is 11.6. The zero-order chi connectivity index (χ0) is 14.1. The first-order chi connectivity index (χ1) is 9.21. The minimum atomic E-state index is -0.223. The fraction of sp³-hybridized carbons (Fsp3) is 0.467. The Morgan fingerprint density at radius 2 is 2.21 bits per heavy atom. The van der Waals surface area contributed by atoms with Gasteiger partial charge in [0.15, 0.2) is 0 Å². The van der Waals surface area contributed by atoms with Crippen molar-refractivity contribution in [3.63, 3.8) is 0 Å². The fourth-order valence-electron chi connectivity index (χ4n) is 1.72. The number of hydrogen-bond donors (Lipinski definition) is 1. The van der Waals surface area contributed by atoms with E-state index in [1.807, 2.05) is 6.07 Å². The van der Waals surface area contributed by atoms with E-state index in [1.165, 1.54) is 6.07 Å². The number of methoxy groups -OCH3 is 1. The lowest BCUT2D eigenvalue weighted by molar-refractivity contribution is 0.147. The van der Waals surface area contributed by atoms with E-state index in [-0.39, 0.29) is 12.4 Å². The minimum absolute atomic E-state index is 0.223. The molecule has 104 valence electrons. The van der Waals surface area contributed by atoms with Gasteiger partial charge >= 0.3 is 0 Å². The van der Waals surface area contributed by atoms with Crippen LogP contribution in [0.4, 0.5) is 4.39 Å². The first kappa shape index (κ1) is 15.6. The molecular weight excluding hydrogens is 243 g/mol. The molecule has 0 aliphatic carbocycles. The molecule has 0 bridgehead atoms. The Labute approximate surface area is 114 Å². The number of nitrogens with zero attached hydrogens (tertiary/aromatic N) is 1. The number of likely N-dealkylation sites (N-methyl/N-ethyl adjacent to an activating group) is 1. The summed E-state index contributed by atoms with van der Waals surface area (Å²) in [6, 6.07) is 5.07. The lowest BCUT2D eigenvalue weighted by Gasteiger charge is -2.20. The van der Waals surface area contributed by atoms with E-state index in [0.29, 0.717) is 24.3 Å². The van der Waals surface area contributed by atoms with Gasteiger partial charge < -0.3 is 10.5 Å². The summed E-state index contributed by atoms with van der Waals surface area (Å²) in [6.45, 7) is 5.21. The van der Waals surface area contributed by atoms with Crippen LogP contribution in [0.1, 0.15) is 18.1 Å². The maximum atomic E-state index is 13.9. The summed E-state index contributed by atoms with van der Waals surface area (Å²) in [6.07, 6.45) is 0. The van der Waals surface area contributed by atoms with E-state index in [9.17, 15) is 4.39 Å². The molecule has 0 saturated carbocycles. The summed E-state index contributed by atoms with van der Waals surface area (Å²) in [5.74, 6) is 5.32. The molecule has 0 fully saturated rings. The van der Waals surface area contributed by atoms with Crippen molar-refractivity contribution in [1.82, 2.24) is 4.90 Å². The molecule has 0 heterocycles. The largest absolute Gasteiger partial charge is 0.383 e. The van der Waals surface area contributed by atoms with Crippen LogP contribution >= 0.6 is 0 Å². The smallest absolute Gasteiger partial charge is 0.128 e. The van der Waals surface area contributed by atoms with Crippen molar-refractivity contribution >= 4 is 0 Å². The van der Waals surface area contributed by atoms with E-state index in [1.54, 1.807) is 13.2 Å². The highest BCUT2D eigenvalue weighted by molar-refractivity contribution is 5.37. The number of nitrogens with two attached hydrogens (primary N) is 1. The highest BCUT2D eigenvalue weighted by Crippen LogP contribution is 2.12. The van der Waals surface area contributed by atoms with Crippen LogP contribution in [0.15, 0.2) is 18.2 Å². The van der Waals surface area contributed by atoms with Crippen molar-refractivity contribution in [3.8, 4) is 11.8 Å². The van der Waals surface area contributed by atoms with Crippen LogP contribution < -0.4 is 5.73 Å². The molecule has 0 radical (unpaired) electrons. The molecule has 0 amide bonds. The summed E-state index contributed by atoms with van der Waals surface area (Å²) in [5, 5.41) is 0. The Morgan fingerprint density at radius 1 is 1.42 bits per heavy atom. The van der Waals surface area contributed by atoms with Gasteiger partial charge in [-0.25, -0.2) is 4.39 Å². The average molecular weight is 264 g/mol. The van der Waals surface area contributed by atoms with Crippen LogP contribution in [0.5, 0.6) is 0 Å². The summed E-state index contributed by atoms with van der Waals surface area (Å²) in [5.41, 5.74) is 6.62. The number of halogens is 1. The molecule has 0 aliphatic heterocycles. The number of benzene rings is 1. The topological polar surface area (TPSA) is 38.5 Å². The molecule has 3 nitrogen and oxygen atoms in total. The summed E-state index contributed by atoms with van der Waals surface area (Å²) in [4.78, 5) is 2.13. The minimum Gasteiger partial charge on any atom is -0.383 e. The molecule has 0 unspecified atom stereocenters. The SMILES string of the molecule is CCN(CCOC)Cc1ccc(C#CCN)cc1F. The molecule has 0 aromatic heterocycles. The Balaban J connectivity index is 2.73. The lowest BCUT2D eigenvalue weighted by Crippen LogP contribution is -2.27. The van der Waals surface area contributed by atoms with Gasteiger partial charge in [-0.3, -0.25) is 4.90 Å². The normalized spacial score (nSPS) is 10.4. The van der Waals surface area contributed by atoms with Crippen molar-refractivity contribution in [2.75, 3.05) is 33.4 Å². The highest BCUT2D eigenvalue weighted by Gasteiger charge is 2.08. The van der Waals surface area contributed by atoms with Gasteiger partial charge in [-0.15, -0.1) is 0 Å². The molecular formula is C15H21FN2O. The van der Waals surface area contributed by atoms with Gasteiger partial charge in [0.1, 0.15) is 5.82 Å². The number of rotatable bonds is 6. The van der Waals surface area contributed by atoms with Crippen LogP contribution in [-0.4, -0.2) is 38.3 Å². The van der Waals surface area contributed by atoms with Crippen LogP contribution in [0.3, 0.4) is 0 Å². The highest BCUT2D eigenvalue weighted by atomic mass is 19.1. The fourth-order valence-corrected chi connectivity index (χ4v) is 1.72. The van der Waals surface area contributed by atoms with E-state index in [0.717, 1.165) is 13.1 Å². The predicted octanol–water partition coefficient (Wildman–Crippen LogP) is 1.60. The van der Waals surface area contributed by atoms with E-state index in [2.05, 4.69) is 23.7 Å². The second kappa shape index (κ2) is 8.65.